The smallest absolute Gasteiger partial charge is 0.338 e. The van der Waals surface area contributed by atoms with E-state index in [0.717, 1.165) is 53.5 Å². The van der Waals surface area contributed by atoms with Gasteiger partial charge in [-0.1, -0.05) is 138 Å². The summed E-state index contributed by atoms with van der Waals surface area (Å²) in [6, 6.07) is 5.88. The number of fused-ring (bicyclic) bond motifs is 2. The molecule has 390 valence electrons. The number of amides is 2. The molecule has 0 bridgehead atoms. The number of halogens is 1. The molecule has 2 aromatic carbocycles. The van der Waals surface area contributed by atoms with Crippen LogP contribution in [0.15, 0.2) is 77.1 Å². The van der Waals surface area contributed by atoms with Gasteiger partial charge >= 0.3 is 11.9 Å². The molecule has 2 aliphatic rings. The van der Waals surface area contributed by atoms with Crippen LogP contribution < -0.4 is 0 Å². The molecule has 2 aliphatic heterocycles. The number of cyclic esters (lactones) is 2. The second-order valence-corrected chi connectivity index (χ2v) is 20.7. The number of allylic oxidation sites excluding steroid dienone is 6. The highest BCUT2D eigenvalue weighted by Crippen LogP contribution is 2.30. The maximum Gasteiger partial charge on any atom is 0.338 e. The van der Waals surface area contributed by atoms with Gasteiger partial charge in [-0.3, -0.25) is 9.59 Å². The SMILES string of the molecule is Cc1cc(C)c2c(c1)C/C(=N\OCC(=O)N(CC(C)C)CC(C)C)C=CCC/C=C/CCOC2=O.Cc1cc(C)c2c(c1Cl)C/C(=N/OCC(=O)N(CC(C)C)CC(C)C)C=CCC/C=C/CCOC2=O. The first kappa shape index (κ1) is 59.8. The minimum atomic E-state index is -0.396. The molecule has 0 atom stereocenters. The van der Waals surface area contributed by atoms with Crippen molar-refractivity contribution >= 4 is 46.8 Å². The zero-order valence-electron chi connectivity index (χ0n) is 44.9. The topological polar surface area (TPSA) is 136 Å². The van der Waals surface area contributed by atoms with E-state index in [0.29, 0.717) is 115 Å². The fourth-order valence-electron chi connectivity index (χ4n) is 8.32. The number of ether oxygens (including phenoxy) is 2. The van der Waals surface area contributed by atoms with Gasteiger partial charge in [-0.2, -0.15) is 0 Å². The van der Waals surface area contributed by atoms with E-state index in [-0.39, 0.29) is 37.4 Å². The Balaban J connectivity index is 0.000000375. The summed E-state index contributed by atoms with van der Waals surface area (Å²) in [5, 5.41) is 9.15. The minimum Gasteiger partial charge on any atom is -0.462 e. The van der Waals surface area contributed by atoms with Crippen molar-refractivity contribution < 1.29 is 38.3 Å². The predicted octanol–water partition coefficient (Wildman–Crippen LogP) is 12.3. The molecule has 0 aromatic heterocycles. The lowest BCUT2D eigenvalue weighted by molar-refractivity contribution is -0.137. The molecule has 0 unspecified atom stereocenters. The van der Waals surface area contributed by atoms with Crippen molar-refractivity contribution in [2.24, 2.45) is 34.0 Å². The first-order chi connectivity index (χ1) is 33.8. The zero-order valence-corrected chi connectivity index (χ0v) is 45.7. The Morgan fingerprint density at radius 2 is 0.972 bits per heavy atom. The third kappa shape index (κ3) is 22.2. The van der Waals surface area contributed by atoms with Crippen LogP contribution in [0.3, 0.4) is 0 Å². The number of aryl methyl sites for hydroxylation is 4. The highest BCUT2D eigenvalue weighted by Gasteiger charge is 2.23. The highest BCUT2D eigenvalue weighted by atomic mass is 35.5. The van der Waals surface area contributed by atoms with Crippen molar-refractivity contribution in [3.05, 3.63) is 116 Å². The van der Waals surface area contributed by atoms with Gasteiger partial charge in [0.05, 0.1) is 35.8 Å². The van der Waals surface area contributed by atoms with E-state index in [1.54, 1.807) is 0 Å². The van der Waals surface area contributed by atoms with Crippen LogP contribution in [0, 0.1) is 51.4 Å². The number of oxime groups is 2. The number of hydrogen-bond acceptors (Lipinski definition) is 10. The van der Waals surface area contributed by atoms with Crippen LogP contribution in [-0.4, -0.2) is 97.6 Å². The Labute approximate surface area is 430 Å². The minimum absolute atomic E-state index is 0.0672. The molecule has 71 heavy (non-hydrogen) atoms. The molecule has 0 saturated carbocycles. The lowest BCUT2D eigenvalue weighted by Crippen LogP contribution is -2.39. The number of benzene rings is 2. The van der Waals surface area contributed by atoms with Crippen LogP contribution in [-0.2, 0) is 41.6 Å². The monoisotopic (exact) mass is 999 g/mol. The third-order valence-corrected chi connectivity index (χ3v) is 11.7. The summed E-state index contributed by atoms with van der Waals surface area (Å²) in [7, 11) is 0. The Morgan fingerprint density at radius 3 is 1.44 bits per heavy atom. The number of carbonyl (C=O) groups is 4. The van der Waals surface area contributed by atoms with Crippen LogP contribution in [0.5, 0.6) is 0 Å². The quantitative estimate of drug-likeness (QED) is 0.104. The number of rotatable bonds is 14. The van der Waals surface area contributed by atoms with Gasteiger partial charge in [-0.25, -0.2) is 9.59 Å². The van der Waals surface area contributed by atoms with Gasteiger partial charge in [0.15, 0.2) is 13.2 Å². The van der Waals surface area contributed by atoms with Crippen molar-refractivity contribution in [1.82, 2.24) is 9.80 Å². The van der Waals surface area contributed by atoms with Crippen molar-refractivity contribution in [3.63, 3.8) is 0 Å². The van der Waals surface area contributed by atoms with Crippen LogP contribution in [0.1, 0.15) is 148 Å². The molecule has 2 heterocycles. The number of carbonyl (C=O) groups excluding carboxylic acids is 4. The molecule has 13 heteroatoms. The fourth-order valence-corrected chi connectivity index (χ4v) is 8.54. The second kappa shape index (κ2) is 31.8. The number of hydrogen-bond donors (Lipinski definition) is 0. The molecule has 0 N–H and O–H groups in total. The maximum atomic E-state index is 13.0. The molecule has 12 nitrogen and oxygen atoms in total. The standard InChI is InChI=1S/C29H41ClN2O4.C29H42N2O4/c1-20(2)17-32(18-21(3)4)26(33)19-36-31-24-13-11-9-7-8-10-12-14-35-29(34)27-22(5)15-23(6)28(30)25(27)16-24;1-21(2)18-31(19-22(3)4)27(32)20-35-30-26-13-11-9-7-8-10-12-14-34-29(33)28-24(6)15-23(5)16-25(28)17-26/h8,10-11,13,15,20-21H,7,9,12,14,16-19H2,1-6H3;8,10-11,13,15-16,21-22H,7,9,12,14,17-20H2,1-6H3/b10-8+,13-11?,31-24+;10-8+,13-11?,30-26-. The summed E-state index contributed by atoms with van der Waals surface area (Å²) in [4.78, 5) is 66.3. The molecule has 0 aliphatic carbocycles. The van der Waals surface area contributed by atoms with Gasteiger partial charge in [0, 0.05) is 44.0 Å². The third-order valence-electron chi connectivity index (χ3n) is 11.2. The largest absolute Gasteiger partial charge is 0.462 e. The van der Waals surface area contributed by atoms with E-state index in [4.69, 9.17) is 30.7 Å². The van der Waals surface area contributed by atoms with Gasteiger partial charge < -0.3 is 28.9 Å². The Bertz CT molecular complexity index is 2230. The van der Waals surface area contributed by atoms with Gasteiger partial charge in [-0.05, 0) is 130 Å². The Morgan fingerprint density at radius 1 is 0.563 bits per heavy atom. The first-order valence-corrected chi connectivity index (χ1v) is 25.9. The molecule has 4 rings (SSSR count). The van der Waals surface area contributed by atoms with E-state index in [9.17, 15) is 19.2 Å². The van der Waals surface area contributed by atoms with Crippen LogP contribution in [0.2, 0.25) is 5.02 Å². The predicted molar refractivity (Wildman–Crippen MR) is 288 cm³/mol. The number of esters is 2. The van der Waals surface area contributed by atoms with Gasteiger partial charge in [-0.15, -0.1) is 0 Å². The maximum absolute atomic E-state index is 13.0. The molecule has 0 saturated heterocycles. The van der Waals surface area contributed by atoms with E-state index in [1.165, 1.54) is 0 Å². The van der Waals surface area contributed by atoms with Crippen molar-refractivity contribution in [1.29, 1.82) is 0 Å². The molecule has 0 spiro atoms. The average molecular weight is 1000 g/mol. The second-order valence-electron chi connectivity index (χ2n) is 20.3. The molecule has 0 fully saturated rings. The summed E-state index contributed by atoms with van der Waals surface area (Å²) in [5.41, 5.74) is 7.42. The summed E-state index contributed by atoms with van der Waals surface area (Å²) >= 11 is 6.69. The Kier molecular flexibility index (Phi) is 26.8. The van der Waals surface area contributed by atoms with E-state index in [2.05, 4.69) is 83.9 Å². The average Bonchev–Trinajstić information content (AvgIpc) is 3.27. The van der Waals surface area contributed by atoms with Crippen LogP contribution in [0.4, 0.5) is 0 Å². The summed E-state index contributed by atoms with van der Waals surface area (Å²) in [5.74, 6) is 0.605. The van der Waals surface area contributed by atoms with E-state index in [1.807, 2.05) is 86.1 Å². The summed E-state index contributed by atoms with van der Waals surface area (Å²) in [6.45, 7) is 27.6. The molecule has 2 amide bonds. The Hall–Kier alpha value is -5.49. The van der Waals surface area contributed by atoms with Crippen LogP contribution in [0.25, 0.3) is 0 Å². The number of nitrogens with zero attached hydrogens (tertiary/aromatic N) is 4. The fraction of sp³-hybridized carbons (Fsp3) is 0.552. The molecular weight excluding hydrogens is 916 g/mol. The lowest BCUT2D eigenvalue weighted by atomic mass is 9.94. The normalized spacial score (nSPS) is 17.1. The van der Waals surface area contributed by atoms with Crippen LogP contribution >= 0.6 is 11.6 Å². The van der Waals surface area contributed by atoms with Crippen molar-refractivity contribution in [3.8, 4) is 0 Å². The molecule has 0 radical (unpaired) electrons. The molecule has 2 aromatic rings. The lowest BCUT2D eigenvalue weighted by Gasteiger charge is -2.25. The van der Waals surface area contributed by atoms with E-state index >= 15 is 0 Å². The summed E-state index contributed by atoms with van der Waals surface area (Å²) in [6.07, 6.45) is 21.7. The van der Waals surface area contributed by atoms with Gasteiger partial charge in [0.25, 0.3) is 11.8 Å². The van der Waals surface area contributed by atoms with Crippen molar-refractivity contribution in [2.75, 3.05) is 52.6 Å². The van der Waals surface area contributed by atoms with Gasteiger partial charge in [0.1, 0.15) is 0 Å². The summed E-state index contributed by atoms with van der Waals surface area (Å²) < 4.78 is 11.1. The van der Waals surface area contributed by atoms with E-state index < -0.39 is 5.97 Å². The highest BCUT2D eigenvalue weighted by molar-refractivity contribution is 6.33. The van der Waals surface area contributed by atoms with Crippen molar-refractivity contribution in [2.45, 2.75) is 134 Å². The first-order valence-electron chi connectivity index (χ1n) is 25.6. The van der Waals surface area contributed by atoms with Gasteiger partial charge in [0.2, 0.25) is 0 Å². The zero-order chi connectivity index (χ0) is 52.5. The molecular formula is C58H83ClN4O8.